The van der Waals surface area contributed by atoms with Gasteiger partial charge in [-0.2, -0.15) is 5.26 Å². The lowest BCUT2D eigenvalue weighted by Crippen LogP contribution is -2.08. The van der Waals surface area contributed by atoms with Crippen LogP contribution in [0.2, 0.25) is 0 Å². The van der Waals surface area contributed by atoms with E-state index in [4.69, 9.17) is 20.7 Å². The maximum Gasteiger partial charge on any atom is 0.261 e. The quantitative estimate of drug-likeness (QED) is 0.700. The Hall–Kier alpha value is -1.25. The van der Waals surface area contributed by atoms with E-state index in [1.165, 1.54) is 18.2 Å². The largest absolute Gasteiger partial charge is 0.475 e. The Labute approximate surface area is 91.5 Å². The monoisotopic (exact) mass is 243 g/mol. The van der Waals surface area contributed by atoms with Crippen LogP contribution in [0.5, 0.6) is 5.75 Å². The third kappa shape index (κ3) is 1.91. The number of rotatable bonds is 1. The Morgan fingerprint density at radius 1 is 1.53 bits per heavy atom. The summed E-state index contributed by atoms with van der Waals surface area (Å²) >= 11 is 0. The average molecular weight is 244 g/mol. The first-order valence-corrected chi connectivity index (χ1v) is 6.45. The van der Waals surface area contributed by atoms with E-state index >= 15 is 0 Å². The van der Waals surface area contributed by atoms with Crippen LogP contribution >= 0.6 is 10.7 Å². The minimum atomic E-state index is -3.71. The molecule has 4 nitrogen and oxygen atoms in total. The van der Waals surface area contributed by atoms with E-state index in [1.807, 2.05) is 6.07 Å². The van der Waals surface area contributed by atoms with Crippen LogP contribution in [0, 0.1) is 11.3 Å². The lowest BCUT2D eigenvalue weighted by Gasteiger charge is -2.00. The molecule has 1 aliphatic heterocycles. The molecule has 1 heterocycles. The molecular weight excluding hydrogens is 238 g/mol. The summed E-state index contributed by atoms with van der Waals surface area (Å²) in [7, 11) is 1.48. The highest BCUT2D eigenvalue weighted by atomic mass is 35.7. The number of nitrogens with zero attached hydrogens (tertiary/aromatic N) is 1. The molecule has 1 atom stereocenters. The maximum absolute atomic E-state index is 11.0. The van der Waals surface area contributed by atoms with Crippen LogP contribution in [0.25, 0.3) is 0 Å². The minimum absolute atomic E-state index is 0.0325. The summed E-state index contributed by atoms with van der Waals surface area (Å²) in [5, 5.41) is 8.65. The zero-order chi connectivity index (χ0) is 11.1. The van der Waals surface area contributed by atoms with Crippen molar-refractivity contribution in [1.82, 2.24) is 0 Å². The summed E-state index contributed by atoms with van der Waals surface area (Å²) in [6.07, 6.45) is -0.139. The third-order valence-electron chi connectivity index (χ3n) is 2.13. The second kappa shape index (κ2) is 3.40. The van der Waals surface area contributed by atoms with E-state index < -0.39 is 15.2 Å². The maximum atomic E-state index is 11.0. The van der Waals surface area contributed by atoms with Gasteiger partial charge in [-0.15, -0.1) is 0 Å². The Bertz CT molecular complexity index is 547. The first kappa shape index (κ1) is 10.3. The number of hydrogen-bond donors (Lipinski definition) is 0. The molecule has 15 heavy (non-hydrogen) atoms. The van der Waals surface area contributed by atoms with Crippen molar-refractivity contribution in [2.75, 3.05) is 0 Å². The van der Waals surface area contributed by atoms with Crippen LogP contribution in [-0.2, 0) is 15.5 Å². The normalized spacial score (nSPS) is 19.1. The molecule has 0 bridgehead atoms. The molecule has 0 saturated heterocycles. The SMILES string of the molecule is N#C[C@H]1Cc2cc(S(=O)(=O)Cl)ccc2O1. The molecule has 0 unspecified atom stereocenters. The number of halogens is 1. The second-order valence-corrected chi connectivity index (χ2v) is 5.71. The van der Waals surface area contributed by atoms with Crippen molar-refractivity contribution in [1.29, 1.82) is 5.26 Å². The van der Waals surface area contributed by atoms with Crippen molar-refractivity contribution >= 4 is 19.7 Å². The highest BCUT2D eigenvalue weighted by molar-refractivity contribution is 8.13. The molecule has 6 heteroatoms. The minimum Gasteiger partial charge on any atom is -0.475 e. The number of benzene rings is 1. The van der Waals surface area contributed by atoms with Gasteiger partial charge in [0.25, 0.3) is 9.05 Å². The molecular formula is C9H6ClNO3S. The van der Waals surface area contributed by atoms with Crippen LogP contribution < -0.4 is 4.74 Å². The Kier molecular flexibility index (Phi) is 2.33. The first-order chi connectivity index (χ1) is 7.00. The smallest absolute Gasteiger partial charge is 0.261 e. The number of ether oxygens (including phenoxy) is 1. The van der Waals surface area contributed by atoms with Gasteiger partial charge in [-0.3, -0.25) is 0 Å². The van der Waals surface area contributed by atoms with Gasteiger partial charge in [-0.05, 0) is 18.2 Å². The van der Waals surface area contributed by atoms with Gasteiger partial charge in [0.2, 0.25) is 0 Å². The summed E-state index contributed by atoms with van der Waals surface area (Å²) in [5.74, 6) is 0.547. The molecule has 0 spiro atoms. The lowest BCUT2D eigenvalue weighted by atomic mass is 10.1. The van der Waals surface area contributed by atoms with Crippen molar-refractivity contribution in [3.63, 3.8) is 0 Å². The first-order valence-electron chi connectivity index (χ1n) is 4.14. The summed E-state index contributed by atoms with van der Waals surface area (Å²) in [5.41, 5.74) is 0.697. The molecule has 0 aromatic heterocycles. The molecule has 0 N–H and O–H groups in total. The van der Waals surface area contributed by atoms with E-state index in [0.29, 0.717) is 17.7 Å². The summed E-state index contributed by atoms with van der Waals surface area (Å²) in [4.78, 5) is 0.0325. The fourth-order valence-corrected chi connectivity index (χ4v) is 2.25. The van der Waals surface area contributed by atoms with Gasteiger partial charge in [0.1, 0.15) is 11.8 Å². The van der Waals surface area contributed by atoms with Crippen molar-refractivity contribution < 1.29 is 13.2 Å². The number of nitriles is 1. The standard InChI is InChI=1S/C9H6ClNO3S/c10-15(12,13)8-1-2-9-6(4-8)3-7(5-11)14-9/h1-2,4,7H,3H2/t7-/m1/s1. The molecule has 0 amide bonds. The van der Waals surface area contributed by atoms with Crippen molar-refractivity contribution in [3.8, 4) is 11.8 Å². The van der Waals surface area contributed by atoms with Crippen LogP contribution in [0.3, 0.4) is 0 Å². The van der Waals surface area contributed by atoms with Crippen molar-refractivity contribution in [2.45, 2.75) is 17.4 Å². The number of hydrogen-bond acceptors (Lipinski definition) is 4. The predicted molar refractivity (Wildman–Crippen MR) is 53.2 cm³/mol. The number of fused-ring (bicyclic) bond motifs is 1. The molecule has 2 rings (SSSR count). The summed E-state index contributed by atoms with van der Waals surface area (Å²) in [6, 6.07) is 6.28. The summed E-state index contributed by atoms with van der Waals surface area (Å²) in [6.45, 7) is 0. The Morgan fingerprint density at radius 3 is 2.87 bits per heavy atom. The van der Waals surface area contributed by atoms with E-state index in [2.05, 4.69) is 0 Å². The van der Waals surface area contributed by atoms with Crippen molar-refractivity contribution in [3.05, 3.63) is 23.8 Å². The van der Waals surface area contributed by atoms with Crippen LogP contribution in [0.15, 0.2) is 23.1 Å². The highest BCUT2D eigenvalue weighted by Gasteiger charge is 2.24. The van der Waals surface area contributed by atoms with Gasteiger partial charge >= 0.3 is 0 Å². The van der Waals surface area contributed by atoms with Gasteiger partial charge in [-0.25, -0.2) is 8.42 Å². The second-order valence-electron chi connectivity index (χ2n) is 3.15. The molecule has 0 saturated carbocycles. The molecule has 1 aliphatic rings. The van der Waals surface area contributed by atoms with Crippen LogP contribution in [-0.4, -0.2) is 14.5 Å². The molecule has 1 aromatic rings. The van der Waals surface area contributed by atoms with E-state index in [-0.39, 0.29) is 4.90 Å². The van der Waals surface area contributed by atoms with Gasteiger partial charge < -0.3 is 4.74 Å². The van der Waals surface area contributed by atoms with Crippen LogP contribution in [0.4, 0.5) is 0 Å². The molecule has 0 aliphatic carbocycles. The Balaban J connectivity index is 2.44. The van der Waals surface area contributed by atoms with E-state index in [1.54, 1.807) is 0 Å². The zero-order valence-electron chi connectivity index (χ0n) is 7.47. The van der Waals surface area contributed by atoms with E-state index in [9.17, 15) is 8.42 Å². The van der Waals surface area contributed by atoms with Gasteiger partial charge in [0.15, 0.2) is 6.10 Å². The van der Waals surface area contributed by atoms with Crippen LogP contribution in [0.1, 0.15) is 5.56 Å². The van der Waals surface area contributed by atoms with Crippen molar-refractivity contribution in [2.24, 2.45) is 0 Å². The van der Waals surface area contributed by atoms with E-state index in [0.717, 1.165) is 0 Å². The molecule has 0 fully saturated rings. The topological polar surface area (TPSA) is 67.2 Å². The average Bonchev–Trinajstić information content (AvgIpc) is 2.57. The van der Waals surface area contributed by atoms with Gasteiger partial charge in [0.05, 0.1) is 4.90 Å². The highest BCUT2D eigenvalue weighted by Crippen LogP contribution is 2.31. The van der Waals surface area contributed by atoms with Gasteiger partial charge in [-0.1, -0.05) is 0 Å². The Morgan fingerprint density at radius 2 is 2.27 bits per heavy atom. The lowest BCUT2D eigenvalue weighted by molar-refractivity contribution is 0.290. The van der Waals surface area contributed by atoms with Gasteiger partial charge in [0, 0.05) is 22.7 Å². The molecule has 1 aromatic carbocycles. The molecule has 78 valence electrons. The summed E-state index contributed by atoms with van der Waals surface area (Å²) < 4.78 is 27.3. The fourth-order valence-electron chi connectivity index (χ4n) is 1.45. The fraction of sp³-hybridized carbons (Fsp3) is 0.222. The molecule has 0 radical (unpaired) electrons. The third-order valence-corrected chi connectivity index (χ3v) is 3.48. The zero-order valence-corrected chi connectivity index (χ0v) is 9.05. The predicted octanol–water partition coefficient (Wildman–Crippen LogP) is 1.44.